The number of anilines is 1. The Morgan fingerprint density at radius 3 is 2.54 bits per heavy atom. The highest BCUT2D eigenvalue weighted by Gasteiger charge is 2.13. The lowest BCUT2D eigenvalue weighted by Gasteiger charge is -2.02. The molecule has 0 radical (unpaired) electrons. The molecule has 0 saturated carbocycles. The van der Waals surface area contributed by atoms with Crippen molar-refractivity contribution in [1.29, 1.82) is 0 Å². The molecule has 0 aliphatic carbocycles. The van der Waals surface area contributed by atoms with Crippen LogP contribution >= 0.6 is 57.8 Å². The number of halogens is 1. The summed E-state index contributed by atoms with van der Waals surface area (Å²) >= 11 is 12.5. The first-order chi connectivity index (χ1) is 13.6. The second-order valence-electron chi connectivity index (χ2n) is 5.92. The molecule has 0 bridgehead atoms. The maximum Gasteiger partial charge on any atom is 0.226 e. The van der Waals surface area contributed by atoms with Gasteiger partial charge in [-0.05, 0) is 54.8 Å². The second-order valence-corrected chi connectivity index (χ2v) is 10.6. The zero-order valence-corrected chi connectivity index (χ0v) is 18.9. The monoisotopic (exact) mass is 465 g/mol. The molecule has 9 heteroatoms. The summed E-state index contributed by atoms with van der Waals surface area (Å²) in [6, 6.07) is 11.7. The van der Waals surface area contributed by atoms with Crippen molar-refractivity contribution >= 4 is 89.3 Å². The minimum absolute atomic E-state index is 0.00103. The van der Waals surface area contributed by atoms with Crippen LogP contribution in [0.15, 0.2) is 45.6 Å². The normalized spacial score (nSPS) is 11.4. The van der Waals surface area contributed by atoms with Crippen molar-refractivity contribution in [2.75, 3.05) is 17.3 Å². The second kappa shape index (κ2) is 9.00. The number of hydrogen-bond donors (Lipinski definition) is 1. The summed E-state index contributed by atoms with van der Waals surface area (Å²) in [4.78, 5) is 22.6. The van der Waals surface area contributed by atoms with Crippen LogP contribution in [-0.2, 0) is 4.79 Å². The van der Waals surface area contributed by atoms with Crippen LogP contribution in [0, 0.1) is 0 Å². The highest BCUT2D eigenvalue weighted by molar-refractivity contribution is 8.00. The number of fused-ring (bicyclic) bond motifs is 3. The molecule has 144 valence electrons. The summed E-state index contributed by atoms with van der Waals surface area (Å²) < 4.78 is 3.27. The standard InChI is InChI=1S/C19H16ClN3OS4/c1-25-19-22-14-9-8-13-16(17(14)28-19)27-18(21-13)23-15(24)3-2-10-26-12-6-4-11(20)5-7-12/h4-9H,2-3,10H2,1H3,(H,21,23,24). The summed E-state index contributed by atoms with van der Waals surface area (Å²) in [5.74, 6) is 0.884. The Kier molecular flexibility index (Phi) is 6.42. The van der Waals surface area contributed by atoms with Gasteiger partial charge < -0.3 is 5.32 Å². The molecule has 0 atom stereocenters. The van der Waals surface area contributed by atoms with Gasteiger partial charge in [0.15, 0.2) is 9.47 Å². The first-order valence-electron chi connectivity index (χ1n) is 8.54. The van der Waals surface area contributed by atoms with E-state index in [0.717, 1.165) is 46.9 Å². The van der Waals surface area contributed by atoms with Gasteiger partial charge in [-0.1, -0.05) is 34.7 Å². The van der Waals surface area contributed by atoms with Gasteiger partial charge in [-0.2, -0.15) is 0 Å². The fraction of sp³-hybridized carbons (Fsp3) is 0.211. The molecule has 0 fully saturated rings. The molecule has 0 spiro atoms. The van der Waals surface area contributed by atoms with E-state index in [0.29, 0.717) is 11.6 Å². The Hall–Kier alpha value is -1.32. The van der Waals surface area contributed by atoms with E-state index in [-0.39, 0.29) is 5.91 Å². The molecule has 4 aromatic rings. The largest absolute Gasteiger partial charge is 0.302 e. The molecule has 0 unspecified atom stereocenters. The fourth-order valence-electron chi connectivity index (χ4n) is 2.63. The minimum Gasteiger partial charge on any atom is -0.302 e. The van der Waals surface area contributed by atoms with Gasteiger partial charge in [-0.15, -0.1) is 23.1 Å². The Balaban J connectivity index is 1.35. The van der Waals surface area contributed by atoms with E-state index in [1.807, 2.05) is 42.7 Å². The van der Waals surface area contributed by atoms with Gasteiger partial charge in [0, 0.05) is 16.3 Å². The molecule has 0 aliphatic heterocycles. The van der Waals surface area contributed by atoms with Gasteiger partial charge in [0.1, 0.15) is 0 Å². The van der Waals surface area contributed by atoms with Crippen LogP contribution in [0.2, 0.25) is 5.02 Å². The summed E-state index contributed by atoms with van der Waals surface area (Å²) in [5.41, 5.74) is 1.89. The van der Waals surface area contributed by atoms with Crippen molar-refractivity contribution < 1.29 is 4.79 Å². The van der Waals surface area contributed by atoms with Crippen molar-refractivity contribution in [3.05, 3.63) is 41.4 Å². The molecule has 2 heterocycles. The maximum absolute atomic E-state index is 12.3. The number of thiazole rings is 2. The van der Waals surface area contributed by atoms with Crippen molar-refractivity contribution in [3.63, 3.8) is 0 Å². The summed E-state index contributed by atoms with van der Waals surface area (Å²) in [6.45, 7) is 0. The van der Waals surface area contributed by atoms with Crippen molar-refractivity contribution in [3.8, 4) is 0 Å². The minimum atomic E-state index is 0.00103. The zero-order valence-electron chi connectivity index (χ0n) is 14.9. The molecule has 1 N–H and O–H groups in total. The van der Waals surface area contributed by atoms with Crippen molar-refractivity contribution in [1.82, 2.24) is 9.97 Å². The molecule has 0 saturated heterocycles. The summed E-state index contributed by atoms with van der Waals surface area (Å²) in [6.07, 6.45) is 3.31. The molecule has 4 nitrogen and oxygen atoms in total. The highest BCUT2D eigenvalue weighted by atomic mass is 35.5. The van der Waals surface area contributed by atoms with E-state index in [1.165, 1.54) is 11.3 Å². The van der Waals surface area contributed by atoms with Crippen LogP contribution in [0.3, 0.4) is 0 Å². The lowest BCUT2D eigenvalue weighted by Crippen LogP contribution is -2.11. The Morgan fingerprint density at radius 1 is 1.07 bits per heavy atom. The number of nitrogens with zero attached hydrogens (tertiary/aromatic N) is 2. The highest BCUT2D eigenvalue weighted by Crippen LogP contribution is 2.38. The third-order valence-corrected chi connectivity index (χ3v) is 8.50. The Morgan fingerprint density at radius 2 is 1.79 bits per heavy atom. The van der Waals surface area contributed by atoms with E-state index in [1.54, 1.807) is 34.9 Å². The molecule has 2 aromatic carbocycles. The predicted molar refractivity (Wildman–Crippen MR) is 125 cm³/mol. The van der Waals surface area contributed by atoms with Crippen LogP contribution in [-0.4, -0.2) is 27.9 Å². The molecular weight excluding hydrogens is 450 g/mol. The number of amides is 1. The van der Waals surface area contributed by atoms with E-state index in [2.05, 4.69) is 15.3 Å². The molecule has 0 aliphatic rings. The first kappa shape index (κ1) is 20.0. The van der Waals surface area contributed by atoms with Gasteiger partial charge in [0.2, 0.25) is 5.91 Å². The number of benzene rings is 2. The maximum atomic E-state index is 12.3. The molecule has 28 heavy (non-hydrogen) atoms. The summed E-state index contributed by atoms with van der Waals surface area (Å²) in [7, 11) is 0. The number of carbonyl (C=O) groups is 1. The number of nitrogens with one attached hydrogen (secondary N) is 1. The van der Waals surface area contributed by atoms with Crippen LogP contribution in [0.25, 0.3) is 20.4 Å². The molecule has 2 aromatic heterocycles. The average Bonchev–Trinajstić information content (AvgIpc) is 3.29. The third kappa shape index (κ3) is 4.63. The number of rotatable bonds is 7. The van der Waals surface area contributed by atoms with E-state index in [9.17, 15) is 4.79 Å². The lowest BCUT2D eigenvalue weighted by atomic mass is 10.3. The molecular formula is C19H16ClN3OS4. The number of aromatic nitrogens is 2. The van der Waals surface area contributed by atoms with Gasteiger partial charge in [0.05, 0.1) is 20.4 Å². The quantitative estimate of drug-likeness (QED) is 0.240. The SMILES string of the molecule is CSc1nc2ccc3nc(NC(=O)CCCSc4ccc(Cl)cc4)sc3c2s1. The first-order valence-corrected chi connectivity index (χ1v) is 12.8. The van der Waals surface area contributed by atoms with Gasteiger partial charge in [-0.25, -0.2) is 9.97 Å². The van der Waals surface area contributed by atoms with Crippen molar-refractivity contribution in [2.24, 2.45) is 0 Å². The topological polar surface area (TPSA) is 54.9 Å². The number of carbonyl (C=O) groups excluding carboxylic acids is 1. The number of hydrogen-bond acceptors (Lipinski definition) is 7. The van der Waals surface area contributed by atoms with Gasteiger partial charge in [-0.3, -0.25) is 4.79 Å². The molecule has 1 amide bonds. The van der Waals surface area contributed by atoms with Gasteiger partial charge >= 0.3 is 0 Å². The third-order valence-electron chi connectivity index (χ3n) is 3.94. The lowest BCUT2D eigenvalue weighted by molar-refractivity contribution is -0.116. The smallest absolute Gasteiger partial charge is 0.226 e. The van der Waals surface area contributed by atoms with Crippen LogP contribution in [0.1, 0.15) is 12.8 Å². The summed E-state index contributed by atoms with van der Waals surface area (Å²) in [5, 5.41) is 4.33. The van der Waals surface area contributed by atoms with Crippen molar-refractivity contribution in [2.45, 2.75) is 22.1 Å². The van der Waals surface area contributed by atoms with Crippen LogP contribution < -0.4 is 5.32 Å². The van der Waals surface area contributed by atoms with Gasteiger partial charge in [0.25, 0.3) is 0 Å². The predicted octanol–water partition coefficient (Wildman–Crippen LogP) is 6.79. The van der Waals surface area contributed by atoms with E-state index < -0.39 is 0 Å². The van der Waals surface area contributed by atoms with E-state index >= 15 is 0 Å². The van der Waals surface area contributed by atoms with Crippen LogP contribution in [0.5, 0.6) is 0 Å². The fourth-order valence-corrected chi connectivity index (χ4v) is 6.28. The Bertz CT molecular complexity index is 1120. The van der Waals surface area contributed by atoms with Crippen LogP contribution in [0.4, 0.5) is 5.13 Å². The van der Waals surface area contributed by atoms with E-state index in [4.69, 9.17) is 11.6 Å². The zero-order chi connectivity index (χ0) is 19.5. The average molecular weight is 466 g/mol. The number of thioether (sulfide) groups is 2. The molecule has 4 rings (SSSR count). The Labute approximate surface area is 184 Å².